The van der Waals surface area contributed by atoms with Crippen LogP contribution in [0, 0.1) is 6.92 Å². The lowest BCUT2D eigenvalue weighted by Gasteiger charge is -2.22. The highest BCUT2D eigenvalue weighted by atomic mass is 14.9. The lowest BCUT2D eigenvalue weighted by atomic mass is 9.81. The zero-order chi connectivity index (χ0) is 18.8. The molecule has 5 rings (SSSR count). The van der Waals surface area contributed by atoms with Crippen molar-refractivity contribution in [2.75, 3.05) is 0 Å². The maximum atomic E-state index is 2.43. The number of nitrogens with zero attached hydrogens (tertiary/aromatic N) is 1. The number of pyridine rings is 1. The summed E-state index contributed by atoms with van der Waals surface area (Å²) < 4.78 is 2.26. The molecule has 27 heavy (non-hydrogen) atoms. The summed E-state index contributed by atoms with van der Waals surface area (Å²) in [6.45, 7) is 6.92. The van der Waals surface area contributed by atoms with Crippen LogP contribution in [0.25, 0.3) is 33.2 Å². The van der Waals surface area contributed by atoms with Gasteiger partial charge in [0.1, 0.15) is 7.05 Å². The normalized spacial score (nSPS) is 14.2. The van der Waals surface area contributed by atoms with E-state index in [0.717, 1.165) is 0 Å². The van der Waals surface area contributed by atoms with E-state index in [0.29, 0.717) is 0 Å². The Morgan fingerprint density at radius 2 is 1.41 bits per heavy atom. The van der Waals surface area contributed by atoms with Crippen LogP contribution >= 0.6 is 0 Å². The van der Waals surface area contributed by atoms with Crippen molar-refractivity contribution in [1.29, 1.82) is 0 Å². The lowest BCUT2D eigenvalue weighted by molar-refractivity contribution is -0.659. The molecule has 0 aliphatic heterocycles. The van der Waals surface area contributed by atoms with Crippen molar-refractivity contribution in [2.24, 2.45) is 7.05 Å². The molecule has 0 spiro atoms. The van der Waals surface area contributed by atoms with E-state index in [4.69, 9.17) is 0 Å². The third-order valence-corrected chi connectivity index (χ3v) is 6.21. The van der Waals surface area contributed by atoms with Crippen LogP contribution in [0.3, 0.4) is 0 Å². The van der Waals surface area contributed by atoms with E-state index < -0.39 is 0 Å². The van der Waals surface area contributed by atoms with Gasteiger partial charge in [0, 0.05) is 22.4 Å². The number of aryl methyl sites for hydroxylation is 2. The molecule has 0 amide bonds. The molecule has 0 atom stereocenters. The first-order chi connectivity index (χ1) is 13.0. The number of hydrogen-bond donors (Lipinski definition) is 0. The largest absolute Gasteiger partial charge is 0.213 e. The summed E-state index contributed by atoms with van der Waals surface area (Å²) >= 11 is 0. The Balaban J connectivity index is 1.78. The Morgan fingerprint density at radius 1 is 0.704 bits per heavy atom. The second-order valence-corrected chi connectivity index (χ2v) is 8.28. The number of aromatic nitrogens is 1. The summed E-state index contributed by atoms with van der Waals surface area (Å²) in [6, 6.07) is 24.6. The predicted molar refractivity (Wildman–Crippen MR) is 113 cm³/mol. The molecule has 0 radical (unpaired) electrons. The first-order valence-electron chi connectivity index (χ1n) is 9.60. The highest BCUT2D eigenvalue weighted by molar-refractivity contribution is 5.87. The molecule has 1 aromatic heterocycles. The first kappa shape index (κ1) is 16.3. The SMILES string of the molecule is Cc1cc2c(cc1-c1cc3ccccc3c[n+]1C)C(C)(C)c1ccccc1-2. The molecular formula is C26H24N+. The van der Waals surface area contributed by atoms with Crippen molar-refractivity contribution < 1.29 is 4.57 Å². The average Bonchev–Trinajstić information content (AvgIpc) is 2.88. The molecule has 0 fully saturated rings. The Kier molecular flexibility index (Phi) is 3.33. The molecule has 3 aromatic carbocycles. The van der Waals surface area contributed by atoms with Gasteiger partial charge in [-0.1, -0.05) is 62.4 Å². The van der Waals surface area contributed by atoms with Crippen molar-refractivity contribution in [3.63, 3.8) is 0 Å². The van der Waals surface area contributed by atoms with Gasteiger partial charge in [0.2, 0.25) is 5.69 Å². The van der Waals surface area contributed by atoms with Gasteiger partial charge in [0.25, 0.3) is 0 Å². The smallest absolute Gasteiger partial charge is 0.200 e. The fourth-order valence-corrected chi connectivity index (χ4v) is 4.69. The van der Waals surface area contributed by atoms with E-state index in [-0.39, 0.29) is 5.41 Å². The van der Waals surface area contributed by atoms with Crippen molar-refractivity contribution >= 4 is 10.8 Å². The van der Waals surface area contributed by atoms with Crippen LogP contribution in [0.4, 0.5) is 0 Å². The van der Waals surface area contributed by atoms with Gasteiger partial charge < -0.3 is 0 Å². The summed E-state index contributed by atoms with van der Waals surface area (Å²) in [7, 11) is 2.15. The van der Waals surface area contributed by atoms with Crippen molar-refractivity contribution in [3.8, 4) is 22.4 Å². The second kappa shape index (κ2) is 5.53. The van der Waals surface area contributed by atoms with Crippen LogP contribution in [-0.4, -0.2) is 0 Å². The molecule has 0 saturated heterocycles. The van der Waals surface area contributed by atoms with E-state index in [9.17, 15) is 0 Å². The van der Waals surface area contributed by atoms with E-state index >= 15 is 0 Å². The molecule has 1 heteroatoms. The number of rotatable bonds is 1. The van der Waals surface area contributed by atoms with Crippen LogP contribution in [0.1, 0.15) is 30.5 Å². The van der Waals surface area contributed by atoms with Gasteiger partial charge in [0.15, 0.2) is 6.20 Å². The maximum Gasteiger partial charge on any atom is 0.213 e. The van der Waals surface area contributed by atoms with Crippen LogP contribution < -0.4 is 4.57 Å². The van der Waals surface area contributed by atoms with Crippen LogP contribution in [-0.2, 0) is 12.5 Å². The predicted octanol–water partition coefficient (Wildman–Crippen LogP) is 5.95. The summed E-state index contributed by atoms with van der Waals surface area (Å²) in [4.78, 5) is 0. The molecule has 1 aliphatic carbocycles. The molecule has 4 aromatic rings. The zero-order valence-corrected chi connectivity index (χ0v) is 16.4. The molecule has 0 unspecified atom stereocenters. The van der Waals surface area contributed by atoms with Gasteiger partial charge in [-0.15, -0.1) is 0 Å². The monoisotopic (exact) mass is 350 g/mol. The Hall–Kier alpha value is -2.93. The molecule has 0 N–H and O–H groups in total. The van der Waals surface area contributed by atoms with Crippen molar-refractivity contribution in [1.82, 2.24) is 0 Å². The zero-order valence-electron chi connectivity index (χ0n) is 16.4. The van der Waals surface area contributed by atoms with Crippen molar-refractivity contribution in [3.05, 3.63) is 89.6 Å². The first-order valence-corrected chi connectivity index (χ1v) is 9.60. The van der Waals surface area contributed by atoms with Gasteiger partial charge >= 0.3 is 0 Å². The second-order valence-electron chi connectivity index (χ2n) is 8.28. The fraction of sp³-hybridized carbons (Fsp3) is 0.192. The molecular weight excluding hydrogens is 326 g/mol. The topological polar surface area (TPSA) is 3.88 Å². The van der Waals surface area contributed by atoms with Gasteiger partial charge in [-0.05, 0) is 52.3 Å². The molecule has 0 saturated carbocycles. The fourth-order valence-electron chi connectivity index (χ4n) is 4.69. The quantitative estimate of drug-likeness (QED) is 0.374. The van der Waals surface area contributed by atoms with Gasteiger partial charge in [-0.25, -0.2) is 4.57 Å². The molecule has 1 heterocycles. The number of fused-ring (bicyclic) bond motifs is 4. The summed E-state index contributed by atoms with van der Waals surface area (Å²) in [5.74, 6) is 0. The van der Waals surface area contributed by atoms with Crippen molar-refractivity contribution in [2.45, 2.75) is 26.2 Å². The highest BCUT2D eigenvalue weighted by Crippen LogP contribution is 2.50. The number of hydrogen-bond acceptors (Lipinski definition) is 0. The average molecular weight is 350 g/mol. The van der Waals surface area contributed by atoms with Gasteiger partial charge in [-0.2, -0.15) is 0 Å². The van der Waals surface area contributed by atoms with E-state index in [2.05, 4.69) is 105 Å². The highest BCUT2D eigenvalue weighted by Gasteiger charge is 2.36. The van der Waals surface area contributed by atoms with Gasteiger partial charge in [0.05, 0.1) is 0 Å². The van der Waals surface area contributed by atoms with Crippen LogP contribution in [0.2, 0.25) is 0 Å². The van der Waals surface area contributed by atoms with E-state index in [1.165, 1.54) is 49.8 Å². The maximum absolute atomic E-state index is 2.43. The third kappa shape index (κ3) is 2.28. The minimum absolute atomic E-state index is 0.0315. The standard InChI is InChI=1S/C26H24N/c1-17-13-22-20-11-7-8-12-23(20)26(2,3)24(22)15-21(17)25-14-18-9-5-6-10-19(18)16-27(25)4/h5-16H,1-4H3/q+1. The molecule has 1 nitrogen and oxygen atoms in total. The minimum Gasteiger partial charge on any atom is -0.200 e. The summed E-state index contributed by atoms with van der Waals surface area (Å²) in [6.07, 6.45) is 2.23. The third-order valence-electron chi connectivity index (χ3n) is 6.21. The van der Waals surface area contributed by atoms with Crippen LogP contribution in [0.5, 0.6) is 0 Å². The summed E-state index contributed by atoms with van der Waals surface area (Å²) in [5, 5.41) is 2.56. The molecule has 0 bridgehead atoms. The van der Waals surface area contributed by atoms with E-state index in [1.807, 2.05) is 0 Å². The Bertz CT molecular complexity index is 1210. The summed E-state index contributed by atoms with van der Waals surface area (Å²) in [5.41, 5.74) is 9.58. The number of benzene rings is 3. The molecule has 132 valence electrons. The lowest BCUT2D eigenvalue weighted by Crippen LogP contribution is -2.30. The Labute approximate surface area is 160 Å². The van der Waals surface area contributed by atoms with Gasteiger partial charge in [-0.3, -0.25) is 0 Å². The molecule has 1 aliphatic rings. The Morgan fingerprint density at radius 3 is 2.22 bits per heavy atom. The van der Waals surface area contributed by atoms with Crippen LogP contribution in [0.15, 0.2) is 72.9 Å². The van der Waals surface area contributed by atoms with E-state index in [1.54, 1.807) is 0 Å². The minimum atomic E-state index is 0.0315.